The van der Waals surface area contributed by atoms with Crippen LogP contribution in [0.3, 0.4) is 0 Å². The van der Waals surface area contributed by atoms with Crippen LogP contribution in [0.1, 0.15) is 56.5 Å². The number of hydrogen-bond donors (Lipinski definition) is 0. The van der Waals surface area contributed by atoms with Crippen molar-refractivity contribution < 1.29 is 14.3 Å². The molecule has 0 amide bonds. The fourth-order valence-electron chi connectivity index (χ4n) is 2.75. The van der Waals surface area contributed by atoms with Crippen LogP contribution in [0.25, 0.3) is 0 Å². The molecule has 2 rings (SSSR count). The van der Waals surface area contributed by atoms with Gasteiger partial charge in [0, 0.05) is 24.8 Å². The van der Waals surface area contributed by atoms with Gasteiger partial charge in [-0.25, -0.2) is 9.98 Å². The summed E-state index contributed by atoms with van der Waals surface area (Å²) in [4.78, 5) is 21.5. The first kappa shape index (κ1) is 22.3. The molecule has 0 aliphatic heterocycles. The van der Waals surface area contributed by atoms with Crippen LogP contribution in [0, 0.1) is 0 Å². The maximum atomic E-state index is 12.6. The molecule has 0 aromatic heterocycles. The topological polar surface area (TPSA) is 60.2 Å². The summed E-state index contributed by atoms with van der Waals surface area (Å²) in [5.41, 5.74) is 3.24. The summed E-state index contributed by atoms with van der Waals surface area (Å²) in [6.07, 6.45) is 1.83. The average molecular weight is 395 g/mol. The predicted molar refractivity (Wildman–Crippen MR) is 119 cm³/mol. The summed E-state index contributed by atoms with van der Waals surface area (Å²) < 4.78 is 11.0. The second kappa shape index (κ2) is 11.8. The zero-order valence-corrected chi connectivity index (χ0v) is 17.8. The summed E-state index contributed by atoms with van der Waals surface area (Å²) in [5.74, 6) is 1.49. The average Bonchev–Trinajstić information content (AvgIpc) is 2.74. The maximum absolute atomic E-state index is 12.6. The van der Waals surface area contributed by atoms with Crippen LogP contribution in [0.5, 0.6) is 0 Å². The molecule has 0 bridgehead atoms. The zero-order valence-electron chi connectivity index (χ0n) is 17.8. The standard InChI is InChI=1S/C24H30N2O3/c1-5-23(28-7-3)25-20-13-9-18(10-14-20)17-22(27)19-11-15-21(16-12-19)26-24(6-2)29-8-4/h9-16H,5-8,17H2,1-4H3. The minimum atomic E-state index is 0.0702. The van der Waals surface area contributed by atoms with E-state index >= 15 is 0 Å². The molecule has 5 nitrogen and oxygen atoms in total. The van der Waals surface area contributed by atoms with E-state index in [4.69, 9.17) is 9.47 Å². The van der Waals surface area contributed by atoms with Crippen molar-refractivity contribution >= 4 is 29.0 Å². The van der Waals surface area contributed by atoms with Crippen molar-refractivity contribution in [2.24, 2.45) is 9.98 Å². The summed E-state index contributed by atoms with van der Waals surface area (Å²) in [6, 6.07) is 15.0. The highest BCUT2D eigenvalue weighted by molar-refractivity contribution is 5.97. The van der Waals surface area contributed by atoms with Crippen LogP contribution < -0.4 is 0 Å². The van der Waals surface area contributed by atoms with Gasteiger partial charge in [0.05, 0.1) is 24.6 Å². The van der Waals surface area contributed by atoms with E-state index < -0.39 is 0 Å². The van der Waals surface area contributed by atoms with E-state index in [1.807, 2.05) is 76.2 Å². The Morgan fingerprint density at radius 2 is 1.17 bits per heavy atom. The van der Waals surface area contributed by atoms with Gasteiger partial charge in [-0.05, 0) is 55.8 Å². The molecule has 0 atom stereocenters. The molecule has 0 unspecified atom stereocenters. The van der Waals surface area contributed by atoms with Gasteiger partial charge in [-0.3, -0.25) is 4.79 Å². The molecule has 29 heavy (non-hydrogen) atoms. The van der Waals surface area contributed by atoms with Crippen molar-refractivity contribution in [1.29, 1.82) is 0 Å². The largest absolute Gasteiger partial charge is 0.481 e. The second-order valence-corrected chi connectivity index (χ2v) is 6.40. The van der Waals surface area contributed by atoms with Gasteiger partial charge in [-0.15, -0.1) is 0 Å². The molecule has 0 N–H and O–H groups in total. The van der Waals surface area contributed by atoms with Crippen molar-refractivity contribution in [3.63, 3.8) is 0 Å². The van der Waals surface area contributed by atoms with Gasteiger partial charge >= 0.3 is 0 Å². The highest BCUT2D eigenvalue weighted by Crippen LogP contribution is 2.18. The van der Waals surface area contributed by atoms with Gasteiger partial charge in [0.15, 0.2) is 17.6 Å². The normalized spacial score (nSPS) is 12.0. The third kappa shape index (κ3) is 7.18. The van der Waals surface area contributed by atoms with Gasteiger partial charge in [0.25, 0.3) is 0 Å². The molecule has 0 radical (unpaired) electrons. The van der Waals surface area contributed by atoms with E-state index in [-0.39, 0.29) is 5.78 Å². The maximum Gasteiger partial charge on any atom is 0.188 e. The molecular formula is C24H30N2O3. The number of rotatable bonds is 9. The van der Waals surface area contributed by atoms with Gasteiger partial charge in [-0.2, -0.15) is 0 Å². The second-order valence-electron chi connectivity index (χ2n) is 6.40. The first-order valence-corrected chi connectivity index (χ1v) is 10.2. The molecule has 0 heterocycles. The van der Waals surface area contributed by atoms with E-state index in [0.29, 0.717) is 31.1 Å². The first-order valence-electron chi connectivity index (χ1n) is 10.2. The Morgan fingerprint density at radius 1 is 0.724 bits per heavy atom. The molecule has 5 heteroatoms. The van der Waals surface area contributed by atoms with Crippen LogP contribution in [-0.4, -0.2) is 30.8 Å². The SMILES string of the molecule is CCOC(CC)=Nc1ccc(CC(=O)c2ccc(N=C(CC)OCC)cc2)cc1. The molecule has 0 saturated heterocycles. The smallest absolute Gasteiger partial charge is 0.188 e. The lowest BCUT2D eigenvalue weighted by Gasteiger charge is -2.06. The van der Waals surface area contributed by atoms with E-state index in [2.05, 4.69) is 9.98 Å². The first-order chi connectivity index (χ1) is 14.1. The molecule has 0 aliphatic rings. The van der Waals surface area contributed by atoms with Crippen molar-refractivity contribution in [3.05, 3.63) is 59.7 Å². The third-order valence-corrected chi connectivity index (χ3v) is 4.22. The molecule has 2 aromatic rings. The number of Topliss-reactive ketones (excluding diaryl/α,β-unsaturated/α-hetero) is 1. The number of carbonyl (C=O) groups excluding carboxylic acids is 1. The molecule has 2 aromatic carbocycles. The van der Waals surface area contributed by atoms with Crippen LogP contribution in [0.2, 0.25) is 0 Å². The van der Waals surface area contributed by atoms with E-state index in [1.54, 1.807) is 0 Å². The fourth-order valence-corrected chi connectivity index (χ4v) is 2.75. The van der Waals surface area contributed by atoms with Crippen LogP contribution >= 0.6 is 0 Å². The molecule has 0 fully saturated rings. The Morgan fingerprint density at radius 3 is 1.59 bits per heavy atom. The number of benzene rings is 2. The highest BCUT2D eigenvalue weighted by atomic mass is 16.5. The summed E-state index contributed by atoms with van der Waals surface area (Å²) in [5, 5.41) is 0. The summed E-state index contributed by atoms with van der Waals surface area (Å²) >= 11 is 0. The van der Waals surface area contributed by atoms with Crippen molar-refractivity contribution in [1.82, 2.24) is 0 Å². The quantitative estimate of drug-likeness (QED) is 0.295. The number of nitrogens with zero attached hydrogens (tertiary/aromatic N) is 2. The minimum Gasteiger partial charge on any atom is -0.481 e. The lowest BCUT2D eigenvalue weighted by atomic mass is 10.0. The van der Waals surface area contributed by atoms with Crippen LogP contribution in [0.4, 0.5) is 11.4 Å². The van der Waals surface area contributed by atoms with E-state index in [9.17, 15) is 4.79 Å². The number of ether oxygens (including phenoxy) is 2. The van der Waals surface area contributed by atoms with E-state index in [1.165, 1.54) is 0 Å². The molecule has 0 saturated carbocycles. The molecule has 0 spiro atoms. The Kier molecular flexibility index (Phi) is 9.09. The Labute approximate surface area is 173 Å². The minimum absolute atomic E-state index is 0.0702. The number of carbonyl (C=O) groups is 1. The number of ketones is 1. The van der Waals surface area contributed by atoms with Crippen molar-refractivity contribution in [2.45, 2.75) is 47.0 Å². The lowest BCUT2D eigenvalue weighted by Crippen LogP contribution is -2.04. The Bertz CT molecular complexity index is 837. The van der Waals surface area contributed by atoms with Crippen LogP contribution in [-0.2, 0) is 15.9 Å². The molecule has 154 valence electrons. The van der Waals surface area contributed by atoms with Gasteiger partial charge < -0.3 is 9.47 Å². The fraction of sp³-hybridized carbons (Fsp3) is 0.375. The third-order valence-electron chi connectivity index (χ3n) is 4.22. The number of aliphatic imine (C=N–C) groups is 2. The molecule has 0 aliphatic carbocycles. The molecular weight excluding hydrogens is 364 g/mol. The summed E-state index contributed by atoms with van der Waals surface area (Å²) in [6.45, 7) is 9.10. The van der Waals surface area contributed by atoms with Gasteiger partial charge in [-0.1, -0.05) is 26.0 Å². The summed E-state index contributed by atoms with van der Waals surface area (Å²) in [7, 11) is 0. The lowest BCUT2D eigenvalue weighted by molar-refractivity contribution is 0.0993. The van der Waals surface area contributed by atoms with E-state index in [0.717, 1.165) is 35.7 Å². The van der Waals surface area contributed by atoms with Crippen molar-refractivity contribution in [2.75, 3.05) is 13.2 Å². The van der Waals surface area contributed by atoms with Crippen LogP contribution in [0.15, 0.2) is 58.5 Å². The monoisotopic (exact) mass is 394 g/mol. The Hall–Kier alpha value is -2.95. The number of hydrogen-bond acceptors (Lipinski definition) is 5. The predicted octanol–water partition coefficient (Wildman–Crippen LogP) is 6.07. The Balaban J connectivity index is 2.03. The van der Waals surface area contributed by atoms with Crippen molar-refractivity contribution in [3.8, 4) is 0 Å². The van der Waals surface area contributed by atoms with Gasteiger partial charge in [0.1, 0.15) is 0 Å². The van der Waals surface area contributed by atoms with Gasteiger partial charge in [0.2, 0.25) is 0 Å². The highest BCUT2D eigenvalue weighted by Gasteiger charge is 2.08. The zero-order chi connectivity index (χ0) is 21.1.